The van der Waals surface area contributed by atoms with E-state index in [0.29, 0.717) is 32.9 Å². The molecule has 0 atom stereocenters. The summed E-state index contributed by atoms with van der Waals surface area (Å²) in [7, 11) is 0. The third kappa shape index (κ3) is 3.33. The lowest BCUT2D eigenvalue weighted by Gasteiger charge is -2.09. The minimum absolute atomic E-state index is 0.151. The van der Waals surface area contributed by atoms with Crippen LogP contribution in [0.1, 0.15) is 12.6 Å². The van der Waals surface area contributed by atoms with Crippen LogP contribution in [0.15, 0.2) is 71.8 Å². The summed E-state index contributed by atoms with van der Waals surface area (Å²) in [6, 6.07) is 16.5. The van der Waals surface area contributed by atoms with Crippen molar-refractivity contribution in [3.63, 3.8) is 0 Å². The van der Waals surface area contributed by atoms with E-state index in [2.05, 4.69) is 15.4 Å². The van der Waals surface area contributed by atoms with E-state index in [1.807, 2.05) is 37.3 Å². The Bertz CT molecular complexity index is 1570. The van der Waals surface area contributed by atoms with E-state index in [4.69, 9.17) is 11.6 Å². The maximum absolute atomic E-state index is 13.2. The van der Waals surface area contributed by atoms with Crippen molar-refractivity contribution in [2.24, 2.45) is 0 Å². The number of amides is 1. The number of pyridine rings is 1. The summed E-state index contributed by atoms with van der Waals surface area (Å²) in [4.78, 5) is 29.0. The Hall–Kier alpha value is -3.97. The van der Waals surface area contributed by atoms with Gasteiger partial charge >= 0.3 is 0 Å². The number of anilines is 1. The normalized spacial score (nSPS) is 11.2. The third-order valence-electron chi connectivity index (χ3n) is 5.27. The van der Waals surface area contributed by atoms with Crippen LogP contribution in [0.25, 0.3) is 33.4 Å². The average Bonchev–Trinajstić information content (AvgIpc) is 3.10. The van der Waals surface area contributed by atoms with Crippen molar-refractivity contribution >= 4 is 39.7 Å². The lowest BCUT2D eigenvalue weighted by molar-refractivity contribution is -0.114. The second-order valence-electron chi connectivity index (χ2n) is 7.48. The smallest absolute Gasteiger partial charge is 0.266 e. The quantitative estimate of drug-likeness (QED) is 0.441. The van der Waals surface area contributed by atoms with E-state index in [1.165, 1.54) is 6.92 Å². The van der Waals surface area contributed by atoms with Gasteiger partial charge in [0.1, 0.15) is 0 Å². The Morgan fingerprint density at radius 3 is 2.59 bits per heavy atom. The maximum Gasteiger partial charge on any atom is 0.266 e. The predicted octanol–water partition coefficient (Wildman–Crippen LogP) is 4.62. The molecule has 0 unspecified atom stereocenters. The average molecular weight is 444 g/mol. The second-order valence-corrected chi connectivity index (χ2v) is 7.92. The maximum atomic E-state index is 13.2. The van der Waals surface area contributed by atoms with Gasteiger partial charge in [0.25, 0.3) is 5.56 Å². The van der Waals surface area contributed by atoms with Crippen molar-refractivity contribution in [3.8, 4) is 16.8 Å². The van der Waals surface area contributed by atoms with Gasteiger partial charge in [0.2, 0.25) is 5.91 Å². The number of nitrogens with one attached hydrogen (secondary N) is 1. The first-order valence-electron chi connectivity index (χ1n) is 9.96. The fraction of sp³-hybridized carbons (Fsp3) is 0.0833. The summed E-state index contributed by atoms with van der Waals surface area (Å²) in [6.45, 7) is 3.36. The monoisotopic (exact) mass is 443 g/mol. The van der Waals surface area contributed by atoms with E-state index in [0.717, 1.165) is 16.8 Å². The SMILES string of the molecule is CC(=O)Nc1ccc(-n2ccc3c(cnc4c(-c5cccc(Cl)c5)c(C)nn43)c2=O)cc1. The summed E-state index contributed by atoms with van der Waals surface area (Å²) in [5, 5.41) is 8.45. The number of halogens is 1. The highest BCUT2D eigenvalue weighted by Gasteiger charge is 2.17. The molecule has 1 N–H and O–H groups in total. The van der Waals surface area contributed by atoms with Crippen molar-refractivity contribution in [2.75, 3.05) is 5.32 Å². The van der Waals surface area contributed by atoms with Gasteiger partial charge in [-0.05, 0) is 55.0 Å². The van der Waals surface area contributed by atoms with Gasteiger partial charge in [0.05, 0.1) is 16.6 Å². The summed E-state index contributed by atoms with van der Waals surface area (Å²) in [5.74, 6) is -0.151. The van der Waals surface area contributed by atoms with Crippen molar-refractivity contribution in [1.82, 2.24) is 19.2 Å². The Balaban J connectivity index is 1.65. The number of aryl methyl sites for hydroxylation is 1. The molecule has 5 aromatic rings. The highest BCUT2D eigenvalue weighted by Crippen LogP contribution is 2.30. The zero-order valence-electron chi connectivity index (χ0n) is 17.3. The minimum atomic E-state index is -0.207. The first kappa shape index (κ1) is 20.0. The number of hydrogen-bond acceptors (Lipinski definition) is 4. The predicted molar refractivity (Wildman–Crippen MR) is 126 cm³/mol. The molecule has 8 heteroatoms. The van der Waals surface area contributed by atoms with Gasteiger partial charge in [-0.1, -0.05) is 23.7 Å². The van der Waals surface area contributed by atoms with E-state index >= 15 is 0 Å². The molecule has 0 saturated heterocycles. The minimum Gasteiger partial charge on any atom is -0.326 e. The van der Waals surface area contributed by atoms with Gasteiger partial charge in [0, 0.05) is 41.3 Å². The number of carbonyl (C=O) groups excluding carboxylic acids is 1. The van der Waals surface area contributed by atoms with Gasteiger partial charge in [-0.3, -0.25) is 14.2 Å². The zero-order valence-corrected chi connectivity index (χ0v) is 18.1. The summed E-state index contributed by atoms with van der Waals surface area (Å²) in [5.41, 5.74) is 5.07. The Morgan fingerprint density at radius 1 is 1.09 bits per heavy atom. The first-order valence-corrected chi connectivity index (χ1v) is 10.3. The molecule has 5 rings (SSSR count). The van der Waals surface area contributed by atoms with Gasteiger partial charge in [0.15, 0.2) is 5.65 Å². The third-order valence-corrected chi connectivity index (χ3v) is 5.50. The largest absolute Gasteiger partial charge is 0.326 e. The van der Waals surface area contributed by atoms with Crippen LogP contribution in [0, 0.1) is 6.92 Å². The Morgan fingerprint density at radius 2 is 1.88 bits per heavy atom. The molecular formula is C24H18ClN5O2. The molecule has 32 heavy (non-hydrogen) atoms. The molecule has 1 amide bonds. The molecule has 0 aliphatic rings. The van der Waals surface area contributed by atoms with Crippen LogP contribution < -0.4 is 10.9 Å². The van der Waals surface area contributed by atoms with Crippen molar-refractivity contribution in [3.05, 3.63) is 88.1 Å². The number of fused-ring (bicyclic) bond motifs is 3. The number of carbonyl (C=O) groups is 1. The van der Waals surface area contributed by atoms with Crippen LogP contribution in [0.3, 0.4) is 0 Å². The molecule has 0 radical (unpaired) electrons. The molecule has 0 saturated carbocycles. The second kappa shape index (κ2) is 7.62. The molecule has 0 aliphatic heterocycles. The van der Waals surface area contributed by atoms with Crippen molar-refractivity contribution in [1.29, 1.82) is 0 Å². The van der Waals surface area contributed by atoms with Gasteiger partial charge < -0.3 is 5.32 Å². The van der Waals surface area contributed by atoms with E-state index in [1.54, 1.807) is 45.7 Å². The van der Waals surface area contributed by atoms with Crippen LogP contribution in [0.5, 0.6) is 0 Å². The van der Waals surface area contributed by atoms with Gasteiger partial charge in [-0.2, -0.15) is 5.10 Å². The van der Waals surface area contributed by atoms with Crippen molar-refractivity contribution < 1.29 is 4.79 Å². The molecule has 2 aromatic carbocycles. The number of benzene rings is 2. The molecule has 3 heterocycles. The number of hydrogen-bond donors (Lipinski definition) is 1. The Labute approximate surface area is 187 Å². The standard InChI is InChI=1S/C24H18ClN5O2/c1-14-22(16-4-3-5-17(25)12-16)23-26-13-20-21(30(23)28-14)10-11-29(24(20)32)19-8-6-18(7-9-19)27-15(2)31/h3-13H,1-2H3,(H,27,31). The molecule has 7 nitrogen and oxygen atoms in total. The first-order chi connectivity index (χ1) is 15.4. The van der Waals surface area contributed by atoms with Crippen LogP contribution in [-0.4, -0.2) is 25.1 Å². The van der Waals surface area contributed by atoms with Gasteiger partial charge in [-0.25, -0.2) is 9.50 Å². The van der Waals surface area contributed by atoms with E-state index in [9.17, 15) is 9.59 Å². The molecule has 3 aromatic heterocycles. The molecular weight excluding hydrogens is 426 g/mol. The molecule has 0 spiro atoms. The zero-order chi connectivity index (χ0) is 22.4. The Kier molecular flexibility index (Phi) is 4.75. The molecule has 0 bridgehead atoms. The number of rotatable bonds is 3. The number of nitrogens with zero attached hydrogens (tertiary/aromatic N) is 4. The number of aromatic nitrogens is 4. The summed E-state index contributed by atoms with van der Waals surface area (Å²) >= 11 is 6.18. The van der Waals surface area contributed by atoms with E-state index in [-0.39, 0.29) is 11.5 Å². The highest BCUT2D eigenvalue weighted by atomic mass is 35.5. The summed E-state index contributed by atoms with van der Waals surface area (Å²) in [6.07, 6.45) is 3.30. The van der Waals surface area contributed by atoms with E-state index < -0.39 is 0 Å². The molecule has 0 fully saturated rings. The molecule has 0 aliphatic carbocycles. The van der Waals surface area contributed by atoms with Crippen LogP contribution in [0.4, 0.5) is 5.69 Å². The fourth-order valence-electron chi connectivity index (χ4n) is 3.87. The summed E-state index contributed by atoms with van der Waals surface area (Å²) < 4.78 is 3.24. The molecule has 158 valence electrons. The topological polar surface area (TPSA) is 81.3 Å². The van der Waals surface area contributed by atoms with Crippen LogP contribution in [0.2, 0.25) is 5.02 Å². The highest BCUT2D eigenvalue weighted by molar-refractivity contribution is 6.30. The lowest BCUT2D eigenvalue weighted by Crippen LogP contribution is -2.19. The lowest BCUT2D eigenvalue weighted by atomic mass is 10.1. The van der Waals surface area contributed by atoms with Crippen LogP contribution in [-0.2, 0) is 4.79 Å². The fourth-order valence-corrected chi connectivity index (χ4v) is 4.06. The van der Waals surface area contributed by atoms with Crippen molar-refractivity contribution in [2.45, 2.75) is 13.8 Å². The van der Waals surface area contributed by atoms with Gasteiger partial charge in [-0.15, -0.1) is 0 Å². The van der Waals surface area contributed by atoms with Crippen LogP contribution >= 0.6 is 11.6 Å².